The fraction of sp³-hybridized carbons (Fsp3) is 0.350. The SMILES string of the molecule is CCNC[C@H]1N[C@H](CO)[C@@H]1c1ccc(C#Cc2ccccn2)cc1. The molecule has 0 spiro atoms. The Kier molecular flexibility index (Phi) is 5.60. The summed E-state index contributed by atoms with van der Waals surface area (Å²) in [4.78, 5) is 4.20. The van der Waals surface area contributed by atoms with E-state index in [1.165, 1.54) is 5.56 Å². The van der Waals surface area contributed by atoms with Crippen LogP contribution in [0.2, 0.25) is 0 Å². The number of aliphatic hydroxyl groups excluding tert-OH is 1. The minimum absolute atomic E-state index is 0.138. The molecule has 0 aliphatic carbocycles. The second-order valence-corrected chi connectivity index (χ2v) is 5.98. The zero-order valence-corrected chi connectivity index (χ0v) is 13.9. The van der Waals surface area contributed by atoms with Crippen LogP contribution in [0.3, 0.4) is 0 Å². The number of hydrogen-bond acceptors (Lipinski definition) is 4. The van der Waals surface area contributed by atoms with Crippen molar-refractivity contribution in [2.24, 2.45) is 0 Å². The van der Waals surface area contributed by atoms with Crippen molar-refractivity contribution in [3.8, 4) is 11.8 Å². The van der Waals surface area contributed by atoms with Gasteiger partial charge in [-0.25, -0.2) is 4.98 Å². The first-order valence-electron chi connectivity index (χ1n) is 8.42. The normalized spacial score (nSPS) is 22.3. The molecular weight excluding hydrogens is 298 g/mol. The molecule has 1 aromatic heterocycles. The van der Waals surface area contributed by atoms with E-state index < -0.39 is 0 Å². The van der Waals surface area contributed by atoms with Crippen LogP contribution in [0.1, 0.15) is 29.7 Å². The number of nitrogens with one attached hydrogen (secondary N) is 2. The standard InChI is InChI=1S/C20H23N3O/c1-2-21-13-18-20(19(14-24)23-18)16-9-6-15(7-10-16)8-11-17-5-3-4-12-22-17/h3-7,9-10,12,18-21,23-24H,2,13-14H2,1H3/t18-,19-,20-/m1/s1. The van der Waals surface area contributed by atoms with Crippen molar-refractivity contribution in [1.29, 1.82) is 0 Å². The molecule has 3 atom stereocenters. The predicted octanol–water partition coefficient (Wildman–Crippen LogP) is 1.51. The fourth-order valence-corrected chi connectivity index (χ4v) is 3.12. The van der Waals surface area contributed by atoms with E-state index in [9.17, 15) is 5.11 Å². The highest BCUT2D eigenvalue weighted by atomic mass is 16.3. The third-order valence-electron chi connectivity index (χ3n) is 4.40. The van der Waals surface area contributed by atoms with E-state index in [2.05, 4.69) is 46.5 Å². The maximum absolute atomic E-state index is 9.51. The van der Waals surface area contributed by atoms with Crippen LogP contribution in [-0.2, 0) is 0 Å². The number of aliphatic hydroxyl groups is 1. The van der Waals surface area contributed by atoms with Gasteiger partial charge >= 0.3 is 0 Å². The average molecular weight is 321 g/mol. The molecule has 1 fully saturated rings. The molecule has 1 aliphatic heterocycles. The van der Waals surface area contributed by atoms with E-state index in [0.29, 0.717) is 12.0 Å². The summed E-state index contributed by atoms with van der Waals surface area (Å²) in [6, 6.07) is 14.6. The van der Waals surface area contributed by atoms with Gasteiger partial charge in [-0.15, -0.1) is 0 Å². The van der Waals surface area contributed by atoms with E-state index in [-0.39, 0.29) is 12.6 Å². The lowest BCUT2D eigenvalue weighted by Crippen LogP contribution is -2.64. The minimum atomic E-state index is 0.138. The van der Waals surface area contributed by atoms with Gasteiger partial charge in [0, 0.05) is 36.3 Å². The number of pyridine rings is 1. The summed E-state index contributed by atoms with van der Waals surface area (Å²) in [5.74, 6) is 6.55. The molecule has 4 nitrogen and oxygen atoms in total. The van der Waals surface area contributed by atoms with Gasteiger partial charge in [-0.05, 0) is 42.3 Å². The lowest BCUT2D eigenvalue weighted by Gasteiger charge is -2.46. The maximum Gasteiger partial charge on any atom is 0.113 e. The van der Waals surface area contributed by atoms with Crippen molar-refractivity contribution < 1.29 is 5.11 Å². The van der Waals surface area contributed by atoms with Crippen LogP contribution in [0.4, 0.5) is 0 Å². The topological polar surface area (TPSA) is 57.2 Å². The number of nitrogens with zero attached hydrogens (tertiary/aromatic N) is 1. The Morgan fingerprint density at radius 3 is 2.62 bits per heavy atom. The van der Waals surface area contributed by atoms with Gasteiger partial charge in [0.1, 0.15) is 5.69 Å². The lowest BCUT2D eigenvalue weighted by atomic mass is 9.77. The lowest BCUT2D eigenvalue weighted by molar-refractivity contribution is 0.127. The molecule has 0 saturated carbocycles. The Hall–Kier alpha value is -2.19. The molecule has 0 radical (unpaired) electrons. The molecule has 3 rings (SSSR count). The Morgan fingerprint density at radius 2 is 1.96 bits per heavy atom. The summed E-state index contributed by atoms with van der Waals surface area (Å²) >= 11 is 0. The monoisotopic (exact) mass is 321 g/mol. The van der Waals surface area contributed by atoms with Crippen molar-refractivity contribution in [2.45, 2.75) is 24.9 Å². The third-order valence-corrected chi connectivity index (χ3v) is 4.40. The van der Waals surface area contributed by atoms with Crippen LogP contribution in [-0.4, -0.2) is 41.9 Å². The predicted molar refractivity (Wildman–Crippen MR) is 95.7 cm³/mol. The van der Waals surface area contributed by atoms with Crippen molar-refractivity contribution in [3.05, 3.63) is 65.5 Å². The summed E-state index contributed by atoms with van der Waals surface area (Å²) in [6.07, 6.45) is 1.75. The van der Waals surface area contributed by atoms with Crippen LogP contribution < -0.4 is 10.6 Å². The second kappa shape index (κ2) is 8.07. The highest BCUT2D eigenvalue weighted by Gasteiger charge is 2.40. The molecule has 0 bridgehead atoms. The molecule has 1 aromatic carbocycles. The molecule has 0 amide bonds. The smallest absolute Gasteiger partial charge is 0.113 e. The Balaban J connectivity index is 1.70. The molecule has 3 N–H and O–H groups in total. The molecule has 0 unspecified atom stereocenters. The molecular formula is C20H23N3O. The van der Waals surface area contributed by atoms with Gasteiger partial charge in [-0.3, -0.25) is 0 Å². The Morgan fingerprint density at radius 1 is 1.12 bits per heavy atom. The van der Waals surface area contributed by atoms with Crippen LogP contribution in [0, 0.1) is 11.8 Å². The van der Waals surface area contributed by atoms with Gasteiger partial charge < -0.3 is 15.7 Å². The quantitative estimate of drug-likeness (QED) is 0.731. The summed E-state index contributed by atoms with van der Waals surface area (Å²) in [5.41, 5.74) is 3.00. The Labute approximate surface area is 143 Å². The van der Waals surface area contributed by atoms with Crippen LogP contribution in [0.15, 0.2) is 48.7 Å². The van der Waals surface area contributed by atoms with Gasteiger partial charge in [-0.2, -0.15) is 0 Å². The minimum Gasteiger partial charge on any atom is -0.395 e. The number of aromatic nitrogens is 1. The van der Waals surface area contributed by atoms with Gasteiger partial charge in [0.15, 0.2) is 0 Å². The van der Waals surface area contributed by atoms with Gasteiger partial charge in [0.25, 0.3) is 0 Å². The van der Waals surface area contributed by atoms with E-state index in [4.69, 9.17) is 0 Å². The Bertz CT molecular complexity index is 701. The zero-order chi connectivity index (χ0) is 16.8. The first-order chi connectivity index (χ1) is 11.8. The van der Waals surface area contributed by atoms with E-state index in [0.717, 1.165) is 24.3 Å². The summed E-state index contributed by atoms with van der Waals surface area (Å²) in [7, 11) is 0. The first kappa shape index (κ1) is 16.7. The average Bonchev–Trinajstić information content (AvgIpc) is 2.61. The van der Waals surface area contributed by atoms with Crippen molar-refractivity contribution in [3.63, 3.8) is 0 Å². The maximum atomic E-state index is 9.51. The van der Waals surface area contributed by atoms with E-state index >= 15 is 0 Å². The number of hydrogen-bond donors (Lipinski definition) is 3. The van der Waals surface area contributed by atoms with Crippen LogP contribution in [0.5, 0.6) is 0 Å². The summed E-state index contributed by atoms with van der Waals surface area (Å²) < 4.78 is 0. The summed E-state index contributed by atoms with van der Waals surface area (Å²) in [6.45, 7) is 4.14. The molecule has 1 aliphatic rings. The molecule has 1 saturated heterocycles. The van der Waals surface area contributed by atoms with Gasteiger partial charge in [0.2, 0.25) is 0 Å². The first-order valence-corrected chi connectivity index (χ1v) is 8.42. The number of rotatable bonds is 5. The van der Waals surface area contributed by atoms with Gasteiger partial charge in [-0.1, -0.05) is 31.0 Å². The molecule has 2 aromatic rings. The molecule has 124 valence electrons. The van der Waals surface area contributed by atoms with Crippen molar-refractivity contribution in [1.82, 2.24) is 15.6 Å². The number of benzene rings is 1. The fourth-order valence-electron chi connectivity index (χ4n) is 3.12. The molecule has 4 heteroatoms. The largest absolute Gasteiger partial charge is 0.395 e. The summed E-state index contributed by atoms with van der Waals surface area (Å²) in [5, 5.41) is 16.3. The number of likely N-dealkylation sites (N-methyl/N-ethyl adjacent to an activating group) is 1. The van der Waals surface area contributed by atoms with Crippen LogP contribution in [0.25, 0.3) is 0 Å². The van der Waals surface area contributed by atoms with Crippen molar-refractivity contribution >= 4 is 0 Å². The second-order valence-electron chi connectivity index (χ2n) is 5.98. The molecule has 2 heterocycles. The zero-order valence-electron chi connectivity index (χ0n) is 13.9. The van der Waals surface area contributed by atoms with E-state index in [1.807, 2.05) is 30.3 Å². The third kappa shape index (κ3) is 3.82. The van der Waals surface area contributed by atoms with Crippen molar-refractivity contribution in [2.75, 3.05) is 19.7 Å². The van der Waals surface area contributed by atoms with E-state index in [1.54, 1.807) is 6.20 Å². The van der Waals surface area contributed by atoms with Gasteiger partial charge in [0.05, 0.1) is 6.61 Å². The molecule has 24 heavy (non-hydrogen) atoms. The van der Waals surface area contributed by atoms with Crippen LogP contribution >= 0.6 is 0 Å². The highest BCUT2D eigenvalue weighted by molar-refractivity contribution is 5.42. The highest BCUT2D eigenvalue weighted by Crippen LogP contribution is 2.31.